The summed E-state index contributed by atoms with van der Waals surface area (Å²) in [5, 5.41) is 2.67. The second-order valence-electron chi connectivity index (χ2n) is 2.70. The molecule has 0 fully saturated rings. The quantitative estimate of drug-likeness (QED) is 0.816. The molecule has 1 N–H and O–H groups in total. The number of benzene rings is 1. The van der Waals surface area contributed by atoms with Crippen molar-refractivity contribution in [1.29, 1.82) is 0 Å². The van der Waals surface area contributed by atoms with Gasteiger partial charge in [0.2, 0.25) is 5.91 Å². The third-order valence-electron chi connectivity index (χ3n) is 1.45. The molecule has 1 rings (SSSR count). The van der Waals surface area contributed by atoms with Crippen LogP contribution in [0.15, 0.2) is 22.7 Å². The molecule has 0 aliphatic carbocycles. The van der Waals surface area contributed by atoms with Crippen LogP contribution in [-0.2, 0) is 4.79 Å². The van der Waals surface area contributed by atoms with Crippen LogP contribution in [0.2, 0.25) is 0 Å². The van der Waals surface area contributed by atoms with Gasteiger partial charge in [0.25, 0.3) is 0 Å². The van der Waals surface area contributed by atoms with E-state index < -0.39 is 0 Å². The van der Waals surface area contributed by atoms with Crippen LogP contribution in [0.1, 0.15) is 5.56 Å². The number of hydrogen-bond acceptors (Lipinski definition) is 1. The Morgan fingerprint density at radius 2 is 2.23 bits per heavy atom. The summed E-state index contributed by atoms with van der Waals surface area (Å²) < 4.78 is 0.942. The summed E-state index contributed by atoms with van der Waals surface area (Å²) in [7, 11) is 0. The van der Waals surface area contributed by atoms with Crippen molar-refractivity contribution in [3.05, 3.63) is 28.2 Å². The van der Waals surface area contributed by atoms with Crippen molar-refractivity contribution in [1.82, 2.24) is 0 Å². The van der Waals surface area contributed by atoms with E-state index in [0.29, 0.717) is 0 Å². The zero-order valence-corrected chi connectivity index (χ0v) is 9.45. The molecule has 0 radical (unpaired) electrons. The number of alkyl halides is 1. The van der Waals surface area contributed by atoms with Gasteiger partial charge in [0.05, 0.1) is 0 Å². The van der Waals surface area contributed by atoms with Gasteiger partial charge in [0.1, 0.15) is 5.88 Å². The number of nitrogens with one attached hydrogen (secondary N) is 1. The van der Waals surface area contributed by atoms with Crippen molar-refractivity contribution in [2.45, 2.75) is 6.92 Å². The number of carbonyl (C=O) groups excluding carboxylic acids is 1. The van der Waals surface area contributed by atoms with E-state index in [-0.39, 0.29) is 11.8 Å². The van der Waals surface area contributed by atoms with Crippen LogP contribution in [0.25, 0.3) is 0 Å². The molecule has 0 aliphatic heterocycles. The van der Waals surface area contributed by atoms with Gasteiger partial charge in [0, 0.05) is 10.2 Å². The van der Waals surface area contributed by atoms with Crippen LogP contribution in [-0.4, -0.2) is 11.8 Å². The fourth-order valence-electron chi connectivity index (χ4n) is 1.00. The van der Waals surface area contributed by atoms with Gasteiger partial charge >= 0.3 is 0 Å². The molecule has 1 aromatic carbocycles. The van der Waals surface area contributed by atoms with Crippen LogP contribution in [0, 0.1) is 6.92 Å². The SMILES string of the molecule is Cc1cc(Br)cc(NC(=O)CCl)c1. The number of rotatable bonds is 2. The lowest BCUT2D eigenvalue weighted by molar-refractivity contribution is -0.113. The summed E-state index contributed by atoms with van der Waals surface area (Å²) in [6, 6.07) is 5.68. The first-order valence-electron chi connectivity index (χ1n) is 3.75. The Bertz CT molecular complexity index is 307. The maximum Gasteiger partial charge on any atom is 0.239 e. The number of carbonyl (C=O) groups is 1. The van der Waals surface area contributed by atoms with E-state index >= 15 is 0 Å². The summed E-state index contributed by atoms with van der Waals surface area (Å²) >= 11 is 8.70. The molecule has 0 spiro atoms. The molecule has 2 nitrogen and oxygen atoms in total. The van der Waals surface area contributed by atoms with Crippen molar-refractivity contribution in [2.75, 3.05) is 11.2 Å². The van der Waals surface area contributed by atoms with Gasteiger partial charge in [-0.2, -0.15) is 0 Å². The molecule has 1 amide bonds. The highest BCUT2D eigenvalue weighted by atomic mass is 79.9. The molecule has 4 heteroatoms. The van der Waals surface area contributed by atoms with Crippen molar-refractivity contribution in [3.63, 3.8) is 0 Å². The van der Waals surface area contributed by atoms with Crippen molar-refractivity contribution >= 4 is 39.1 Å². The zero-order valence-electron chi connectivity index (χ0n) is 7.10. The van der Waals surface area contributed by atoms with Gasteiger partial charge < -0.3 is 5.32 Å². The molecule has 0 heterocycles. The number of amides is 1. The molecule has 70 valence electrons. The minimum atomic E-state index is -0.195. The van der Waals surface area contributed by atoms with Crippen LogP contribution < -0.4 is 5.32 Å². The fraction of sp³-hybridized carbons (Fsp3) is 0.222. The molecule has 13 heavy (non-hydrogen) atoms. The maximum atomic E-state index is 10.9. The maximum absolute atomic E-state index is 10.9. The van der Waals surface area contributed by atoms with Crippen LogP contribution in [0.5, 0.6) is 0 Å². The normalized spacial score (nSPS) is 9.77. The van der Waals surface area contributed by atoms with Crippen molar-refractivity contribution < 1.29 is 4.79 Å². The van der Waals surface area contributed by atoms with E-state index in [1.54, 1.807) is 0 Å². The van der Waals surface area contributed by atoms with Gasteiger partial charge in [-0.1, -0.05) is 15.9 Å². The Kier molecular flexibility index (Phi) is 3.75. The first-order valence-corrected chi connectivity index (χ1v) is 5.07. The highest BCUT2D eigenvalue weighted by Gasteiger charge is 2.00. The Morgan fingerprint density at radius 1 is 1.54 bits per heavy atom. The third kappa shape index (κ3) is 3.36. The number of aryl methyl sites for hydroxylation is 1. The molecule has 0 unspecified atom stereocenters. The van der Waals surface area contributed by atoms with Crippen molar-refractivity contribution in [3.8, 4) is 0 Å². The average molecular weight is 263 g/mol. The van der Waals surface area contributed by atoms with E-state index in [1.807, 2.05) is 25.1 Å². The summed E-state index contributed by atoms with van der Waals surface area (Å²) in [6.45, 7) is 1.96. The predicted molar refractivity (Wildman–Crippen MR) is 58.2 cm³/mol. The number of anilines is 1. The standard InChI is InChI=1S/C9H9BrClNO/c1-6-2-7(10)4-8(3-6)12-9(13)5-11/h2-4H,5H2,1H3,(H,12,13). The van der Waals surface area contributed by atoms with Crippen molar-refractivity contribution in [2.24, 2.45) is 0 Å². The minimum absolute atomic E-state index is 0.0223. The third-order valence-corrected chi connectivity index (χ3v) is 2.15. The number of hydrogen-bond donors (Lipinski definition) is 1. The Morgan fingerprint density at radius 3 is 2.77 bits per heavy atom. The van der Waals surface area contributed by atoms with Gasteiger partial charge in [-0.25, -0.2) is 0 Å². The monoisotopic (exact) mass is 261 g/mol. The van der Waals surface area contributed by atoms with E-state index in [9.17, 15) is 4.79 Å². The van der Waals surface area contributed by atoms with E-state index in [0.717, 1.165) is 15.7 Å². The van der Waals surface area contributed by atoms with Crippen LogP contribution in [0.4, 0.5) is 5.69 Å². The van der Waals surface area contributed by atoms with E-state index in [2.05, 4.69) is 21.2 Å². The van der Waals surface area contributed by atoms with Crippen LogP contribution >= 0.6 is 27.5 Å². The summed E-state index contributed by atoms with van der Waals surface area (Å²) in [5.41, 5.74) is 1.84. The largest absolute Gasteiger partial charge is 0.325 e. The lowest BCUT2D eigenvalue weighted by atomic mass is 10.2. The molecular weight excluding hydrogens is 253 g/mol. The molecule has 0 bridgehead atoms. The van der Waals surface area contributed by atoms with E-state index in [1.165, 1.54) is 0 Å². The molecule has 0 aromatic heterocycles. The van der Waals surface area contributed by atoms with E-state index in [4.69, 9.17) is 11.6 Å². The fourth-order valence-corrected chi connectivity index (χ4v) is 1.68. The topological polar surface area (TPSA) is 29.1 Å². The molecule has 0 saturated carbocycles. The lowest BCUT2D eigenvalue weighted by Crippen LogP contribution is -2.12. The lowest BCUT2D eigenvalue weighted by Gasteiger charge is -2.04. The average Bonchev–Trinajstić information content (AvgIpc) is 2.02. The molecule has 0 atom stereocenters. The molecule has 0 saturated heterocycles. The second-order valence-corrected chi connectivity index (χ2v) is 3.88. The minimum Gasteiger partial charge on any atom is -0.325 e. The molecular formula is C9H9BrClNO. The van der Waals surface area contributed by atoms with Gasteiger partial charge in [0.15, 0.2) is 0 Å². The molecule has 1 aromatic rings. The van der Waals surface area contributed by atoms with Crippen LogP contribution in [0.3, 0.4) is 0 Å². The second kappa shape index (κ2) is 4.63. The Labute approximate surface area is 90.4 Å². The van der Waals surface area contributed by atoms with Gasteiger partial charge in [-0.05, 0) is 30.7 Å². The summed E-state index contributed by atoms with van der Waals surface area (Å²) in [5.74, 6) is -0.217. The smallest absolute Gasteiger partial charge is 0.239 e. The molecule has 0 aliphatic rings. The first kappa shape index (κ1) is 10.5. The number of halogens is 2. The Balaban J connectivity index is 2.83. The summed E-state index contributed by atoms with van der Waals surface area (Å²) in [4.78, 5) is 10.9. The van der Waals surface area contributed by atoms with Gasteiger partial charge in [-0.3, -0.25) is 4.79 Å². The highest BCUT2D eigenvalue weighted by molar-refractivity contribution is 9.10. The van der Waals surface area contributed by atoms with Gasteiger partial charge in [-0.15, -0.1) is 11.6 Å². The zero-order chi connectivity index (χ0) is 9.84. The highest BCUT2D eigenvalue weighted by Crippen LogP contribution is 2.18. The first-order chi connectivity index (χ1) is 6.11. The predicted octanol–water partition coefficient (Wildman–Crippen LogP) is 2.93. The Hall–Kier alpha value is -0.540. The summed E-state index contributed by atoms with van der Waals surface area (Å²) in [6.07, 6.45) is 0.